The van der Waals surface area contributed by atoms with Crippen LogP contribution >= 0.6 is 0 Å². The van der Waals surface area contributed by atoms with Gasteiger partial charge in [-0.15, -0.1) is 0 Å². The van der Waals surface area contributed by atoms with Gasteiger partial charge in [0.25, 0.3) is 0 Å². The smallest absolute Gasteiger partial charge is 0.243 e. The van der Waals surface area contributed by atoms with Crippen LogP contribution < -0.4 is 16.4 Å². The molecule has 6 heteroatoms. The molecule has 22 heavy (non-hydrogen) atoms. The molecule has 0 saturated carbocycles. The van der Waals surface area contributed by atoms with Crippen LogP contribution in [0, 0.1) is 17.8 Å². The van der Waals surface area contributed by atoms with Gasteiger partial charge in [0.15, 0.2) is 0 Å². The minimum atomic E-state index is -0.702. The lowest BCUT2D eigenvalue weighted by Crippen LogP contribution is -2.56. The molecular weight excluding hydrogens is 282 g/mol. The molecule has 0 saturated heterocycles. The molecule has 6 nitrogen and oxygen atoms in total. The van der Waals surface area contributed by atoms with Crippen molar-refractivity contribution in [3.8, 4) is 0 Å². The summed E-state index contributed by atoms with van der Waals surface area (Å²) < 4.78 is 0. The number of hydrogen-bond acceptors (Lipinski definition) is 4. The van der Waals surface area contributed by atoms with Crippen LogP contribution in [0.2, 0.25) is 0 Å². The summed E-state index contributed by atoms with van der Waals surface area (Å²) in [4.78, 5) is 35.4. The van der Waals surface area contributed by atoms with Crippen LogP contribution in [0.1, 0.15) is 48.0 Å². The maximum Gasteiger partial charge on any atom is 0.243 e. The van der Waals surface area contributed by atoms with E-state index >= 15 is 0 Å². The Labute approximate surface area is 133 Å². The van der Waals surface area contributed by atoms with Crippen molar-refractivity contribution < 1.29 is 14.4 Å². The normalized spacial score (nSPS) is 15.5. The van der Waals surface area contributed by atoms with Gasteiger partial charge in [-0.2, -0.15) is 0 Å². The maximum atomic E-state index is 12.3. The topological polar surface area (TPSA) is 101 Å². The van der Waals surface area contributed by atoms with Gasteiger partial charge >= 0.3 is 0 Å². The molecule has 3 atom stereocenters. The molecule has 3 unspecified atom stereocenters. The van der Waals surface area contributed by atoms with E-state index in [1.54, 1.807) is 0 Å². The highest BCUT2D eigenvalue weighted by molar-refractivity contribution is 5.91. The van der Waals surface area contributed by atoms with Gasteiger partial charge in [-0.25, -0.2) is 0 Å². The van der Waals surface area contributed by atoms with Gasteiger partial charge in [-0.05, 0) is 24.2 Å². The Hall–Kier alpha value is -1.43. The largest absolute Gasteiger partial charge is 0.345 e. The van der Waals surface area contributed by atoms with E-state index in [-0.39, 0.29) is 23.7 Å². The first-order valence-corrected chi connectivity index (χ1v) is 7.91. The lowest BCUT2D eigenvalue weighted by molar-refractivity contribution is -0.132. The lowest BCUT2D eigenvalue weighted by atomic mass is 9.99. The van der Waals surface area contributed by atoms with Crippen molar-refractivity contribution in [1.29, 1.82) is 0 Å². The number of carbonyl (C=O) groups excluding carboxylic acids is 3. The Morgan fingerprint density at radius 3 is 1.86 bits per heavy atom. The lowest BCUT2D eigenvalue weighted by Gasteiger charge is -2.26. The van der Waals surface area contributed by atoms with Gasteiger partial charge in [0, 0.05) is 0 Å². The molecule has 0 aliphatic rings. The Kier molecular flexibility index (Phi) is 8.94. The summed E-state index contributed by atoms with van der Waals surface area (Å²) in [7, 11) is 0. The molecule has 2 amide bonds. The number of amides is 2. The van der Waals surface area contributed by atoms with Crippen molar-refractivity contribution in [3.63, 3.8) is 0 Å². The van der Waals surface area contributed by atoms with E-state index in [2.05, 4.69) is 10.6 Å². The third-order valence-corrected chi connectivity index (χ3v) is 3.48. The van der Waals surface area contributed by atoms with E-state index in [0.29, 0.717) is 18.6 Å². The maximum absolute atomic E-state index is 12.3. The quantitative estimate of drug-likeness (QED) is 0.549. The highest BCUT2D eigenvalue weighted by atomic mass is 16.2. The summed E-state index contributed by atoms with van der Waals surface area (Å²) in [5.74, 6) is -0.504. The summed E-state index contributed by atoms with van der Waals surface area (Å²) in [6, 6.07) is -1.90. The Bertz CT molecular complexity index is 381. The number of aldehydes is 1. The van der Waals surface area contributed by atoms with Crippen LogP contribution in [-0.2, 0) is 14.4 Å². The number of hydrogen-bond donors (Lipinski definition) is 3. The van der Waals surface area contributed by atoms with E-state index in [0.717, 1.165) is 0 Å². The van der Waals surface area contributed by atoms with Crippen molar-refractivity contribution >= 4 is 18.1 Å². The van der Waals surface area contributed by atoms with Gasteiger partial charge in [0.2, 0.25) is 11.8 Å². The molecule has 0 aromatic heterocycles. The fraction of sp³-hybridized carbons (Fsp3) is 0.812. The average Bonchev–Trinajstić information content (AvgIpc) is 2.39. The molecule has 0 heterocycles. The minimum Gasteiger partial charge on any atom is -0.345 e. The third kappa shape index (κ3) is 7.02. The predicted molar refractivity (Wildman–Crippen MR) is 87.0 cm³/mol. The minimum absolute atomic E-state index is 0.00633. The molecule has 0 bridgehead atoms. The second-order valence-corrected chi connectivity index (χ2v) is 6.88. The first-order chi connectivity index (χ1) is 10.1. The summed E-state index contributed by atoms with van der Waals surface area (Å²) >= 11 is 0. The summed E-state index contributed by atoms with van der Waals surface area (Å²) in [5.41, 5.74) is 5.84. The molecule has 0 aromatic rings. The summed E-state index contributed by atoms with van der Waals surface area (Å²) in [6.07, 6.45) is 1.27. The van der Waals surface area contributed by atoms with Crippen molar-refractivity contribution in [2.24, 2.45) is 23.5 Å². The zero-order valence-electron chi connectivity index (χ0n) is 14.6. The van der Waals surface area contributed by atoms with Crippen LogP contribution in [0.5, 0.6) is 0 Å². The van der Waals surface area contributed by atoms with Crippen LogP contribution in [0.25, 0.3) is 0 Å². The van der Waals surface area contributed by atoms with E-state index in [9.17, 15) is 14.4 Å². The Balaban J connectivity index is 4.82. The number of rotatable bonds is 9. The molecule has 0 aromatic carbocycles. The van der Waals surface area contributed by atoms with E-state index < -0.39 is 18.1 Å². The van der Waals surface area contributed by atoms with E-state index in [4.69, 9.17) is 5.73 Å². The molecule has 0 fully saturated rings. The second-order valence-electron chi connectivity index (χ2n) is 6.88. The number of nitrogens with two attached hydrogens (primary N) is 1. The van der Waals surface area contributed by atoms with Crippen molar-refractivity contribution in [2.75, 3.05) is 0 Å². The van der Waals surface area contributed by atoms with Crippen LogP contribution in [0.4, 0.5) is 0 Å². The first kappa shape index (κ1) is 20.6. The van der Waals surface area contributed by atoms with Gasteiger partial charge < -0.3 is 21.2 Å². The fourth-order valence-corrected chi connectivity index (χ4v) is 2.02. The molecule has 0 aliphatic heterocycles. The Morgan fingerprint density at radius 2 is 1.50 bits per heavy atom. The van der Waals surface area contributed by atoms with Crippen molar-refractivity contribution in [2.45, 2.75) is 66.1 Å². The zero-order chi connectivity index (χ0) is 17.4. The third-order valence-electron chi connectivity index (χ3n) is 3.48. The van der Waals surface area contributed by atoms with Crippen LogP contribution in [0.3, 0.4) is 0 Å². The summed E-state index contributed by atoms with van der Waals surface area (Å²) in [6.45, 7) is 11.3. The van der Waals surface area contributed by atoms with E-state index in [1.165, 1.54) is 0 Å². The molecule has 0 radical (unpaired) electrons. The van der Waals surface area contributed by atoms with Gasteiger partial charge in [0.1, 0.15) is 12.3 Å². The van der Waals surface area contributed by atoms with Crippen LogP contribution in [0.15, 0.2) is 0 Å². The Morgan fingerprint density at radius 1 is 0.955 bits per heavy atom. The monoisotopic (exact) mass is 313 g/mol. The predicted octanol–water partition coefficient (Wildman–Crippen LogP) is 0.840. The van der Waals surface area contributed by atoms with Gasteiger partial charge in [-0.1, -0.05) is 41.5 Å². The molecule has 0 rings (SSSR count). The average molecular weight is 313 g/mol. The standard InChI is InChI=1S/C16H31N3O3/c1-9(2)7-12(17)15(21)19-14(11(5)6)16(22)18-13(8-20)10(3)4/h8-14H,7,17H2,1-6H3,(H,18,22)(H,19,21). The van der Waals surface area contributed by atoms with Crippen LogP contribution in [-0.4, -0.2) is 36.2 Å². The first-order valence-electron chi connectivity index (χ1n) is 7.91. The number of carbonyl (C=O) groups is 3. The zero-order valence-corrected chi connectivity index (χ0v) is 14.6. The molecule has 128 valence electrons. The number of nitrogens with one attached hydrogen (secondary N) is 2. The molecule has 0 aliphatic carbocycles. The molecule has 0 spiro atoms. The highest BCUT2D eigenvalue weighted by Gasteiger charge is 2.28. The van der Waals surface area contributed by atoms with E-state index in [1.807, 2.05) is 41.5 Å². The summed E-state index contributed by atoms with van der Waals surface area (Å²) in [5, 5.41) is 5.37. The van der Waals surface area contributed by atoms with Gasteiger partial charge in [-0.3, -0.25) is 9.59 Å². The highest BCUT2D eigenvalue weighted by Crippen LogP contribution is 2.07. The molecule has 4 N–H and O–H groups in total. The fourth-order valence-electron chi connectivity index (χ4n) is 2.02. The van der Waals surface area contributed by atoms with Crippen molar-refractivity contribution in [3.05, 3.63) is 0 Å². The van der Waals surface area contributed by atoms with Gasteiger partial charge in [0.05, 0.1) is 12.1 Å². The SMILES string of the molecule is CC(C)CC(N)C(=O)NC(C(=O)NC(C=O)C(C)C)C(C)C. The van der Waals surface area contributed by atoms with Crippen molar-refractivity contribution in [1.82, 2.24) is 10.6 Å². The molecular formula is C16H31N3O3. The second kappa shape index (κ2) is 9.56.